The van der Waals surface area contributed by atoms with E-state index in [0.717, 1.165) is 37.0 Å². The molecule has 3 aromatic heterocycles. The number of rotatable bonds is 3. The monoisotopic (exact) mass is 478 g/mol. The second-order valence-electron chi connectivity index (χ2n) is 8.99. The zero-order valence-electron chi connectivity index (χ0n) is 18.8. The molecule has 1 aromatic carbocycles. The van der Waals surface area contributed by atoms with E-state index in [4.69, 9.17) is 0 Å². The van der Waals surface area contributed by atoms with Crippen LogP contribution in [0.15, 0.2) is 49.1 Å². The molecule has 0 N–H and O–H groups in total. The van der Waals surface area contributed by atoms with Crippen molar-refractivity contribution in [3.05, 3.63) is 83.3 Å². The number of amides is 1. The number of carbonyl (C=O) groups excluding carboxylic acids is 1. The minimum Gasteiger partial charge on any atom is -0.327 e. The third kappa shape index (κ3) is 3.43. The number of piperidine rings is 1. The molecular formula is C25H21F3N6O. The second-order valence-corrected chi connectivity index (χ2v) is 8.99. The molecule has 2 aliphatic rings. The van der Waals surface area contributed by atoms with Crippen molar-refractivity contribution >= 4 is 5.91 Å². The van der Waals surface area contributed by atoms with E-state index in [0.29, 0.717) is 29.1 Å². The first-order chi connectivity index (χ1) is 16.9. The fourth-order valence-corrected chi connectivity index (χ4v) is 5.44. The summed E-state index contributed by atoms with van der Waals surface area (Å²) >= 11 is 0. The lowest BCUT2D eigenvalue weighted by Crippen LogP contribution is -2.49. The van der Waals surface area contributed by atoms with Gasteiger partial charge in [0, 0.05) is 42.8 Å². The molecule has 2 atom stereocenters. The Labute approximate surface area is 198 Å². The Kier molecular flexibility index (Phi) is 4.98. The number of carbonyl (C=O) groups is 1. The molecule has 6 rings (SSSR count). The van der Waals surface area contributed by atoms with Crippen LogP contribution in [0, 0.1) is 17.5 Å². The van der Waals surface area contributed by atoms with E-state index in [9.17, 15) is 18.0 Å². The maximum absolute atomic E-state index is 14.0. The first kappa shape index (κ1) is 21.6. The molecule has 0 aliphatic carbocycles. The quantitative estimate of drug-likeness (QED) is 0.410. The molecule has 1 fully saturated rings. The van der Waals surface area contributed by atoms with Crippen molar-refractivity contribution < 1.29 is 18.0 Å². The van der Waals surface area contributed by atoms with E-state index in [2.05, 4.69) is 15.2 Å². The molecule has 178 valence electrons. The van der Waals surface area contributed by atoms with Gasteiger partial charge >= 0.3 is 0 Å². The summed E-state index contributed by atoms with van der Waals surface area (Å²) in [6.45, 7) is 0. The van der Waals surface area contributed by atoms with Gasteiger partial charge in [0.15, 0.2) is 17.5 Å². The van der Waals surface area contributed by atoms with Crippen LogP contribution >= 0.6 is 0 Å². The molecule has 0 radical (unpaired) electrons. The van der Waals surface area contributed by atoms with Crippen LogP contribution in [0.2, 0.25) is 0 Å². The fourth-order valence-electron chi connectivity index (χ4n) is 5.44. The van der Waals surface area contributed by atoms with Crippen LogP contribution in [0.5, 0.6) is 0 Å². The van der Waals surface area contributed by atoms with Crippen molar-refractivity contribution in [2.24, 2.45) is 7.05 Å². The van der Waals surface area contributed by atoms with Crippen molar-refractivity contribution in [1.82, 2.24) is 29.4 Å². The molecule has 10 heteroatoms. The van der Waals surface area contributed by atoms with Gasteiger partial charge in [-0.3, -0.25) is 14.5 Å². The molecule has 2 aliphatic heterocycles. The summed E-state index contributed by atoms with van der Waals surface area (Å²) in [6, 6.07) is 5.18. The molecule has 5 heterocycles. The van der Waals surface area contributed by atoms with Gasteiger partial charge in [-0.2, -0.15) is 10.2 Å². The van der Waals surface area contributed by atoms with Gasteiger partial charge < -0.3 is 4.90 Å². The zero-order chi connectivity index (χ0) is 24.3. The lowest BCUT2D eigenvalue weighted by molar-refractivity contribution is 0.0391. The summed E-state index contributed by atoms with van der Waals surface area (Å²) in [4.78, 5) is 19.8. The summed E-state index contributed by atoms with van der Waals surface area (Å²) in [6.07, 6.45) is 9.59. The van der Waals surface area contributed by atoms with Gasteiger partial charge in [-0.1, -0.05) is 0 Å². The van der Waals surface area contributed by atoms with Crippen LogP contribution in [-0.2, 0) is 13.5 Å². The minimum atomic E-state index is -1.50. The number of pyridine rings is 1. The number of nitrogens with zero attached hydrogens (tertiary/aromatic N) is 6. The lowest BCUT2D eigenvalue weighted by atomic mass is 9.81. The molecule has 35 heavy (non-hydrogen) atoms. The first-order valence-corrected chi connectivity index (χ1v) is 11.4. The van der Waals surface area contributed by atoms with E-state index < -0.39 is 17.5 Å². The van der Waals surface area contributed by atoms with Crippen LogP contribution in [0.4, 0.5) is 13.2 Å². The van der Waals surface area contributed by atoms with Crippen LogP contribution in [0.25, 0.3) is 16.9 Å². The molecule has 1 saturated heterocycles. The Hall–Kier alpha value is -3.95. The maximum Gasteiger partial charge on any atom is 0.256 e. The molecule has 2 bridgehead atoms. The topological polar surface area (TPSA) is 68.8 Å². The van der Waals surface area contributed by atoms with Gasteiger partial charge in [-0.15, -0.1) is 0 Å². The standard InChI is InChI=1S/C25H21F3N6O/c1-32-24(14-9-19(26)22(28)20(27)10-14)18-11-16-4-2-5-21(23(18)31-32)34(16)25(35)15-8-17(13-29-12-15)33-7-3-6-30-33/h3,6-10,12-13,16,21H,2,4-5,11H2,1H3. The number of hydrogen-bond donors (Lipinski definition) is 0. The molecule has 0 spiro atoms. The summed E-state index contributed by atoms with van der Waals surface area (Å²) in [5, 5.41) is 8.88. The van der Waals surface area contributed by atoms with E-state index >= 15 is 0 Å². The highest BCUT2D eigenvalue weighted by molar-refractivity contribution is 5.95. The van der Waals surface area contributed by atoms with Crippen molar-refractivity contribution in [2.45, 2.75) is 37.8 Å². The molecule has 1 amide bonds. The highest BCUT2D eigenvalue weighted by Gasteiger charge is 2.43. The Bertz CT molecular complexity index is 1420. The normalized spacial score (nSPS) is 19.0. The van der Waals surface area contributed by atoms with Gasteiger partial charge in [-0.05, 0) is 49.9 Å². The van der Waals surface area contributed by atoms with Crippen molar-refractivity contribution in [3.8, 4) is 16.9 Å². The first-order valence-electron chi connectivity index (χ1n) is 11.4. The Morgan fingerprint density at radius 3 is 2.63 bits per heavy atom. The van der Waals surface area contributed by atoms with E-state index in [1.807, 2.05) is 4.90 Å². The van der Waals surface area contributed by atoms with Gasteiger partial charge in [0.1, 0.15) is 0 Å². The summed E-state index contributed by atoms with van der Waals surface area (Å²) in [5.41, 5.74) is 3.48. The summed E-state index contributed by atoms with van der Waals surface area (Å²) < 4.78 is 44.8. The Balaban J connectivity index is 1.40. The molecule has 2 unspecified atom stereocenters. The van der Waals surface area contributed by atoms with Gasteiger partial charge in [0.25, 0.3) is 5.91 Å². The fraction of sp³-hybridized carbons (Fsp3) is 0.280. The highest BCUT2D eigenvalue weighted by atomic mass is 19.2. The van der Waals surface area contributed by atoms with Crippen LogP contribution in [0.3, 0.4) is 0 Å². The number of aromatic nitrogens is 5. The Morgan fingerprint density at radius 1 is 1.09 bits per heavy atom. The van der Waals surface area contributed by atoms with Crippen LogP contribution in [0.1, 0.15) is 46.9 Å². The van der Waals surface area contributed by atoms with Crippen molar-refractivity contribution in [2.75, 3.05) is 0 Å². The SMILES string of the molecule is Cn1nc2c(c1-c1cc(F)c(F)c(F)c1)CC1CCCC2N1C(=O)c1cncc(-n2cccn2)c1. The van der Waals surface area contributed by atoms with Gasteiger partial charge in [0.2, 0.25) is 0 Å². The lowest BCUT2D eigenvalue weighted by Gasteiger charge is -2.45. The maximum atomic E-state index is 14.0. The molecule has 7 nitrogen and oxygen atoms in total. The van der Waals surface area contributed by atoms with E-state index in [1.54, 1.807) is 53.3 Å². The highest BCUT2D eigenvalue weighted by Crippen LogP contribution is 2.45. The molecule has 4 aromatic rings. The number of fused-ring (bicyclic) bond motifs is 4. The molecule has 0 saturated carbocycles. The average molecular weight is 478 g/mol. The molecular weight excluding hydrogens is 457 g/mol. The third-order valence-electron chi connectivity index (χ3n) is 6.91. The van der Waals surface area contributed by atoms with Crippen LogP contribution in [-0.4, -0.2) is 41.4 Å². The Morgan fingerprint density at radius 2 is 1.89 bits per heavy atom. The number of aryl methyl sites for hydroxylation is 1. The van der Waals surface area contributed by atoms with Crippen LogP contribution < -0.4 is 0 Å². The summed E-state index contributed by atoms with van der Waals surface area (Å²) in [5.74, 6) is -4.12. The number of hydrogen-bond acceptors (Lipinski definition) is 4. The van der Waals surface area contributed by atoms with Crippen molar-refractivity contribution in [1.29, 1.82) is 0 Å². The smallest absolute Gasteiger partial charge is 0.256 e. The van der Waals surface area contributed by atoms with E-state index in [-0.39, 0.29) is 23.6 Å². The number of halogens is 3. The predicted molar refractivity (Wildman–Crippen MR) is 120 cm³/mol. The average Bonchev–Trinajstić information content (AvgIpc) is 3.50. The summed E-state index contributed by atoms with van der Waals surface area (Å²) in [7, 11) is 1.69. The van der Waals surface area contributed by atoms with Gasteiger partial charge in [0.05, 0.1) is 34.9 Å². The number of benzene rings is 1. The second kappa shape index (κ2) is 8.07. The largest absolute Gasteiger partial charge is 0.327 e. The zero-order valence-corrected chi connectivity index (χ0v) is 18.8. The van der Waals surface area contributed by atoms with Crippen molar-refractivity contribution in [3.63, 3.8) is 0 Å². The minimum absolute atomic E-state index is 0.0970. The predicted octanol–water partition coefficient (Wildman–Crippen LogP) is 4.38. The van der Waals surface area contributed by atoms with E-state index in [1.165, 1.54) is 0 Å². The third-order valence-corrected chi connectivity index (χ3v) is 6.91. The van der Waals surface area contributed by atoms with Gasteiger partial charge in [-0.25, -0.2) is 17.9 Å².